The summed E-state index contributed by atoms with van der Waals surface area (Å²) >= 11 is 0. The highest BCUT2D eigenvalue weighted by atomic mass is 79.9. The molecule has 0 aliphatic carbocycles. The lowest BCUT2D eigenvalue weighted by atomic mass is 9.98. The number of fused-ring (bicyclic) bond motifs is 1. The Morgan fingerprint density at radius 1 is 1.04 bits per heavy atom. The maximum absolute atomic E-state index is 9.47. The summed E-state index contributed by atoms with van der Waals surface area (Å²) in [6, 6.07) is 13.9. The summed E-state index contributed by atoms with van der Waals surface area (Å²) in [4.78, 5) is 0. The molecule has 0 spiro atoms. The first kappa shape index (κ1) is 20.8. The maximum atomic E-state index is 9.47. The fourth-order valence-corrected chi connectivity index (χ4v) is 2.89. The minimum Gasteiger partial charge on any atom is -0.504 e. The molecule has 1 unspecified atom stereocenters. The van der Waals surface area contributed by atoms with Gasteiger partial charge in [0, 0.05) is 18.3 Å². The van der Waals surface area contributed by atoms with Crippen molar-refractivity contribution >= 4 is 39.7 Å². The number of halogens is 2. The Labute approximate surface area is 163 Å². The minimum absolute atomic E-state index is 0. The summed E-state index contributed by atoms with van der Waals surface area (Å²) in [7, 11) is 0. The van der Waals surface area contributed by atoms with E-state index in [2.05, 4.69) is 34.9 Å². The average molecular weight is 460 g/mol. The van der Waals surface area contributed by atoms with Crippen LogP contribution in [0.1, 0.15) is 17.5 Å². The van der Waals surface area contributed by atoms with Crippen molar-refractivity contribution in [2.24, 2.45) is 0 Å². The molecule has 4 nitrogen and oxygen atoms in total. The fraction of sp³-hybridized carbons (Fsp3) is 0.333. The Bertz CT molecular complexity index is 653. The van der Waals surface area contributed by atoms with E-state index in [4.69, 9.17) is 0 Å². The molecule has 0 saturated carbocycles. The predicted octanol–water partition coefficient (Wildman–Crippen LogP) is 3.81. The zero-order chi connectivity index (χ0) is 15.4. The number of anilines is 1. The largest absolute Gasteiger partial charge is 0.504 e. The van der Waals surface area contributed by atoms with E-state index in [-0.39, 0.29) is 45.5 Å². The van der Waals surface area contributed by atoms with Crippen LogP contribution in [-0.2, 0) is 12.8 Å². The van der Waals surface area contributed by atoms with E-state index in [0.29, 0.717) is 6.04 Å². The van der Waals surface area contributed by atoms with Crippen LogP contribution in [0, 0.1) is 0 Å². The molecule has 6 heteroatoms. The number of aryl methyl sites for hydroxylation is 1. The van der Waals surface area contributed by atoms with E-state index < -0.39 is 0 Å². The lowest BCUT2D eigenvalue weighted by Crippen LogP contribution is -2.36. The molecular formula is C18H24Br2N2O2. The molecule has 1 aliphatic rings. The van der Waals surface area contributed by atoms with Crippen molar-refractivity contribution in [3.05, 3.63) is 53.6 Å². The fourth-order valence-electron chi connectivity index (χ4n) is 2.89. The van der Waals surface area contributed by atoms with Gasteiger partial charge in [-0.2, -0.15) is 0 Å². The number of hydrogen-bond donors (Lipinski definition) is 4. The topological polar surface area (TPSA) is 64.5 Å². The smallest absolute Gasteiger partial charge is 0.157 e. The van der Waals surface area contributed by atoms with Gasteiger partial charge in [0.05, 0.1) is 0 Å². The normalized spacial score (nSPS) is 15.4. The molecule has 1 atom stereocenters. The molecule has 2 aromatic rings. The minimum atomic E-state index is -0.0678. The Balaban J connectivity index is 0.00000144. The first-order chi connectivity index (χ1) is 10.7. The van der Waals surface area contributed by atoms with Gasteiger partial charge in [-0.3, -0.25) is 0 Å². The third-order valence-electron chi connectivity index (χ3n) is 4.16. The number of nitrogens with one attached hydrogen (secondary N) is 2. The van der Waals surface area contributed by atoms with Gasteiger partial charge < -0.3 is 20.8 Å². The van der Waals surface area contributed by atoms with Crippen LogP contribution < -0.4 is 10.6 Å². The Hall–Kier alpha value is -1.24. The molecule has 2 aromatic carbocycles. The van der Waals surface area contributed by atoms with Gasteiger partial charge in [-0.15, -0.1) is 34.0 Å². The van der Waals surface area contributed by atoms with Gasteiger partial charge >= 0.3 is 0 Å². The Morgan fingerprint density at radius 2 is 1.83 bits per heavy atom. The third-order valence-corrected chi connectivity index (χ3v) is 4.16. The second-order valence-corrected chi connectivity index (χ2v) is 5.81. The summed E-state index contributed by atoms with van der Waals surface area (Å²) in [5, 5.41) is 25.8. The molecule has 0 radical (unpaired) electrons. The molecule has 0 fully saturated rings. The molecular weight excluding hydrogens is 436 g/mol. The number of aromatic hydroxyl groups is 2. The van der Waals surface area contributed by atoms with Gasteiger partial charge in [0.1, 0.15) is 0 Å². The molecule has 0 amide bonds. The van der Waals surface area contributed by atoms with Gasteiger partial charge in [-0.05, 0) is 55.1 Å². The van der Waals surface area contributed by atoms with E-state index in [0.717, 1.165) is 37.9 Å². The zero-order valence-corrected chi connectivity index (χ0v) is 16.8. The lowest BCUT2D eigenvalue weighted by molar-refractivity contribution is 0.403. The van der Waals surface area contributed by atoms with Crippen molar-refractivity contribution in [1.29, 1.82) is 0 Å². The molecule has 4 N–H and O–H groups in total. The van der Waals surface area contributed by atoms with E-state index in [9.17, 15) is 10.2 Å². The maximum Gasteiger partial charge on any atom is 0.157 e. The van der Waals surface area contributed by atoms with Crippen molar-refractivity contribution in [2.75, 3.05) is 18.4 Å². The predicted molar refractivity (Wildman–Crippen MR) is 109 cm³/mol. The van der Waals surface area contributed by atoms with E-state index in [1.807, 2.05) is 6.07 Å². The summed E-state index contributed by atoms with van der Waals surface area (Å²) in [5.41, 5.74) is 3.67. The highest BCUT2D eigenvalue weighted by Gasteiger charge is 2.16. The lowest BCUT2D eigenvalue weighted by Gasteiger charge is -2.27. The molecule has 132 valence electrons. The number of para-hydroxylation sites is 1. The number of phenols is 2. The van der Waals surface area contributed by atoms with Crippen molar-refractivity contribution in [3.63, 3.8) is 0 Å². The van der Waals surface area contributed by atoms with Crippen LogP contribution in [-0.4, -0.2) is 29.3 Å². The average Bonchev–Trinajstić information content (AvgIpc) is 2.54. The van der Waals surface area contributed by atoms with Crippen molar-refractivity contribution in [2.45, 2.75) is 25.3 Å². The Morgan fingerprint density at radius 3 is 2.62 bits per heavy atom. The highest BCUT2D eigenvalue weighted by molar-refractivity contribution is 8.93. The zero-order valence-electron chi connectivity index (χ0n) is 13.4. The van der Waals surface area contributed by atoms with Crippen LogP contribution in [0.25, 0.3) is 0 Å². The number of benzene rings is 2. The van der Waals surface area contributed by atoms with Gasteiger partial charge in [0.15, 0.2) is 11.5 Å². The molecule has 1 aliphatic heterocycles. The van der Waals surface area contributed by atoms with Crippen LogP contribution in [0.4, 0.5) is 5.69 Å². The van der Waals surface area contributed by atoms with Crippen LogP contribution in [0.15, 0.2) is 42.5 Å². The van der Waals surface area contributed by atoms with Crippen LogP contribution in [0.2, 0.25) is 0 Å². The molecule has 24 heavy (non-hydrogen) atoms. The van der Waals surface area contributed by atoms with E-state index in [1.165, 1.54) is 17.3 Å². The van der Waals surface area contributed by atoms with Crippen LogP contribution in [0.3, 0.4) is 0 Å². The van der Waals surface area contributed by atoms with E-state index in [1.54, 1.807) is 6.07 Å². The number of hydrogen-bond acceptors (Lipinski definition) is 4. The standard InChI is InChI=1S/C18H22N2O2.2BrH/c21-17-8-5-13(11-18(17)22)9-10-19-12-15-7-6-14-3-1-2-4-16(14)20-15;;/h1-5,8,11,15,19-22H,6-7,9-10,12H2;2*1H. The van der Waals surface area contributed by atoms with Gasteiger partial charge in [-0.1, -0.05) is 24.3 Å². The summed E-state index contributed by atoms with van der Waals surface area (Å²) in [6.45, 7) is 1.78. The molecule has 0 aromatic heterocycles. The first-order valence-electron chi connectivity index (χ1n) is 7.78. The van der Waals surface area contributed by atoms with Crippen molar-refractivity contribution < 1.29 is 10.2 Å². The summed E-state index contributed by atoms with van der Waals surface area (Å²) in [5.74, 6) is -0.121. The quantitative estimate of drug-likeness (QED) is 0.405. The van der Waals surface area contributed by atoms with Crippen molar-refractivity contribution in [1.82, 2.24) is 5.32 Å². The SMILES string of the molecule is Br.Br.Oc1ccc(CCNCC2CCc3ccccc3N2)cc1O. The van der Waals surface area contributed by atoms with Crippen LogP contribution in [0.5, 0.6) is 11.5 Å². The summed E-state index contributed by atoms with van der Waals surface area (Å²) < 4.78 is 0. The van der Waals surface area contributed by atoms with Gasteiger partial charge in [0.2, 0.25) is 0 Å². The summed E-state index contributed by atoms with van der Waals surface area (Å²) in [6.07, 6.45) is 3.10. The first-order valence-corrected chi connectivity index (χ1v) is 7.78. The molecule has 0 bridgehead atoms. The monoisotopic (exact) mass is 458 g/mol. The van der Waals surface area contributed by atoms with Gasteiger partial charge in [0.25, 0.3) is 0 Å². The Kier molecular flexibility index (Phi) is 8.59. The van der Waals surface area contributed by atoms with Crippen LogP contribution >= 0.6 is 34.0 Å². The van der Waals surface area contributed by atoms with E-state index >= 15 is 0 Å². The number of phenolic OH excluding ortho intramolecular Hbond substituents is 2. The second-order valence-electron chi connectivity index (χ2n) is 5.81. The van der Waals surface area contributed by atoms with Crippen molar-refractivity contribution in [3.8, 4) is 11.5 Å². The second kappa shape index (κ2) is 9.91. The third kappa shape index (κ3) is 5.40. The van der Waals surface area contributed by atoms with Gasteiger partial charge in [-0.25, -0.2) is 0 Å². The molecule has 3 rings (SSSR count). The number of rotatable bonds is 5. The highest BCUT2D eigenvalue weighted by Crippen LogP contribution is 2.25. The molecule has 0 saturated heterocycles. The molecule has 1 heterocycles.